The van der Waals surface area contributed by atoms with Crippen LogP contribution in [0.25, 0.3) is 10.4 Å². The molecule has 55 heavy (non-hydrogen) atoms. The van der Waals surface area contributed by atoms with E-state index in [1.165, 1.54) is 16.2 Å². The highest BCUT2D eigenvalue weighted by molar-refractivity contribution is 7.13. The summed E-state index contributed by atoms with van der Waals surface area (Å²) in [5, 5.41) is 26.7. The van der Waals surface area contributed by atoms with Crippen LogP contribution in [0.4, 0.5) is 9.18 Å². The fraction of sp³-hybridized carbons (Fsp3) is 0.649. The van der Waals surface area contributed by atoms with Crippen LogP contribution in [0.3, 0.4) is 0 Å². The number of thiazole rings is 1. The molecule has 1 saturated carbocycles. The highest BCUT2D eigenvalue weighted by Gasteiger charge is 2.53. The number of aliphatic hydroxyl groups excluding tert-OH is 1. The van der Waals surface area contributed by atoms with Crippen LogP contribution in [0.5, 0.6) is 5.75 Å². The lowest BCUT2D eigenvalue weighted by molar-refractivity contribution is -0.145. The maximum Gasteiger partial charge on any atom is 0.404 e. The summed E-state index contributed by atoms with van der Waals surface area (Å²) in [5.41, 5.74) is 1.46. The van der Waals surface area contributed by atoms with Crippen molar-refractivity contribution in [2.24, 2.45) is 5.41 Å². The SMILES string of the molecule is Cc1ncsc1-c1ccc(CNC(=O)[C@@H]2C[C@@H](O)CN2C(=O)C(NC(=O)C2(F)CC2)C(C)(C)C)c(OCCOCCOCCOCCOCCNC(=O)O)c1. The quantitative estimate of drug-likeness (QED) is 0.103. The number of rotatable bonds is 23. The normalized spacial score (nSPS) is 18.1. The molecule has 0 radical (unpaired) electrons. The number of hydrogen-bond donors (Lipinski definition) is 5. The van der Waals surface area contributed by atoms with Gasteiger partial charge in [-0.15, -0.1) is 11.3 Å². The van der Waals surface area contributed by atoms with Crippen LogP contribution in [0.1, 0.15) is 51.3 Å². The number of nitrogens with zero attached hydrogens (tertiary/aromatic N) is 2. The smallest absolute Gasteiger partial charge is 0.404 e. The lowest BCUT2D eigenvalue weighted by atomic mass is 9.85. The number of carboxylic acid groups (broad SMARTS) is 1. The first-order valence-corrected chi connectivity index (χ1v) is 19.3. The van der Waals surface area contributed by atoms with Gasteiger partial charge in [-0.05, 0) is 36.8 Å². The minimum Gasteiger partial charge on any atom is -0.491 e. The van der Waals surface area contributed by atoms with Crippen LogP contribution in [-0.2, 0) is 39.9 Å². The number of β-amino-alcohol motifs (C(OH)–C–C–N with tert-alkyl or cyclic N) is 1. The number of amides is 4. The van der Waals surface area contributed by atoms with Gasteiger partial charge in [0.05, 0.1) is 75.0 Å². The topological polar surface area (TPSA) is 207 Å². The van der Waals surface area contributed by atoms with E-state index in [1.54, 1.807) is 26.3 Å². The summed E-state index contributed by atoms with van der Waals surface area (Å²) in [6.07, 6.45) is -1.82. The Labute approximate surface area is 324 Å². The van der Waals surface area contributed by atoms with Gasteiger partial charge in [0.25, 0.3) is 5.91 Å². The average molecular weight is 796 g/mol. The van der Waals surface area contributed by atoms with Gasteiger partial charge in [-0.25, -0.2) is 14.2 Å². The lowest BCUT2D eigenvalue weighted by Crippen LogP contribution is -2.59. The van der Waals surface area contributed by atoms with Gasteiger partial charge < -0.3 is 54.7 Å². The molecule has 306 valence electrons. The van der Waals surface area contributed by atoms with E-state index < -0.39 is 53.1 Å². The number of hydrogen-bond acceptors (Lipinski definition) is 12. The van der Waals surface area contributed by atoms with E-state index in [0.29, 0.717) is 51.0 Å². The molecule has 4 rings (SSSR count). The molecule has 1 aliphatic heterocycles. The van der Waals surface area contributed by atoms with Crippen molar-refractivity contribution in [1.29, 1.82) is 0 Å². The number of carbonyl (C=O) groups is 4. The maximum atomic E-state index is 14.5. The third-order valence-electron chi connectivity index (χ3n) is 9.00. The molecule has 0 bridgehead atoms. The molecule has 1 aromatic heterocycles. The van der Waals surface area contributed by atoms with Crippen molar-refractivity contribution in [2.75, 3.05) is 72.6 Å². The summed E-state index contributed by atoms with van der Waals surface area (Å²) in [4.78, 5) is 57.0. The summed E-state index contributed by atoms with van der Waals surface area (Å²) >= 11 is 1.50. The number of alkyl halides is 1. The van der Waals surface area contributed by atoms with E-state index in [9.17, 15) is 28.7 Å². The van der Waals surface area contributed by atoms with Crippen LogP contribution in [0.2, 0.25) is 0 Å². The van der Waals surface area contributed by atoms with Gasteiger partial charge in [0, 0.05) is 31.6 Å². The van der Waals surface area contributed by atoms with Crippen molar-refractivity contribution < 1.29 is 57.5 Å². The molecule has 16 nitrogen and oxygen atoms in total. The zero-order chi connectivity index (χ0) is 40.0. The van der Waals surface area contributed by atoms with Crippen molar-refractivity contribution in [2.45, 2.75) is 77.4 Å². The number of likely N-dealkylation sites (tertiary alicyclic amines) is 1. The molecule has 18 heteroatoms. The fourth-order valence-electron chi connectivity index (χ4n) is 5.78. The number of carbonyl (C=O) groups excluding carboxylic acids is 3. The second-order valence-electron chi connectivity index (χ2n) is 14.5. The maximum absolute atomic E-state index is 14.5. The molecule has 1 aromatic carbocycles. The van der Waals surface area contributed by atoms with Gasteiger partial charge in [-0.2, -0.15) is 0 Å². The lowest BCUT2D eigenvalue weighted by Gasteiger charge is -2.35. The second-order valence-corrected chi connectivity index (χ2v) is 15.3. The van der Waals surface area contributed by atoms with E-state index in [0.717, 1.165) is 16.1 Å². The van der Waals surface area contributed by atoms with Gasteiger partial charge in [0.2, 0.25) is 11.8 Å². The largest absolute Gasteiger partial charge is 0.491 e. The molecular formula is C37H54FN5O11S. The molecule has 2 fully saturated rings. The Bertz CT molecular complexity index is 1580. The molecule has 2 heterocycles. The van der Waals surface area contributed by atoms with Crippen LogP contribution >= 0.6 is 11.3 Å². The second kappa shape index (κ2) is 20.8. The summed E-state index contributed by atoms with van der Waals surface area (Å²) < 4.78 is 42.5. The molecule has 2 aromatic rings. The molecule has 3 atom stereocenters. The Kier molecular flexibility index (Phi) is 16.6. The minimum absolute atomic E-state index is 0.0150. The molecule has 1 saturated heterocycles. The summed E-state index contributed by atoms with van der Waals surface area (Å²) in [5.74, 6) is -1.34. The molecule has 1 aliphatic carbocycles. The first kappa shape index (κ1) is 43.8. The van der Waals surface area contributed by atoms with E-state index >= 15 is 0 Å². The first-order chi connectivity index (χ1) is 26.2. The Balaban J connectivity index is 1.26. The number of aryl methyl sites for hydroxylation is 1. The van der Waals surface area contributed by atoms with Crippen molar-refractivity contribution >= 4 is 35.2 Å². The molecular weight excluding hydrogens is 741 g/mol. The Hall–Kier alpha value is -3.94. The zero-order valence-corrected chi connectivity index (χ0v) is 32.7. The van der Waals surface area contributed by atoms with E-state index in [2.05, 4.69) is 20.9 Å². The monoisotopic (exact) mass is 795 g/mol. The van der Waals surface area contributed by atoms with Crippen LogP contribution in [0, 0.1) is 12.3 Å². The average Bonchev–Trinajstić information content (AvgIpc) is 3.54. The molecule has 4 amide bonds. The molecule has 2 aliphatic rings. The predicted molar refractivity (Wildman–Crippen MR) is 200 cm³/mol. The minimum atomic E-state index is -1.97. The van der Waals surface area contributed by atoms with E-state index in [-0.39, 0.29) is 58.7 Å². The summed E-state index contributed by atoms with van der Waals surface area (Å²) in [6.45, 7) is 10.3. The predicted octanol–water partition coefficient (Wildman–Crippen LogP) is 2.44. The standard InChI is InChI=1S/C37H54FN5O11S/c1-24-30(55-23-41-24)25-5-6-26(29(19-25)54-18-17-53-16-15-52-14-13-51-12-11-50-10-9-39-35(48)49)21-40-32(45)28-20-27(44)22-43(28)33(46)31(36(2,3)4)42-34(47)37(38)7-8-37/h5-6,19,23,27-28,31,39,44H,7-18,20-22H2,1-4H3,(H,40,45)(H,42,47)(H,48,49)/t27-,28+,31?/m1/s1. The van der Waals surface area contributed by atoms with Gasteiger partial charge in [-0.1, -0.05) is 32.9 Å². The van der Waals surface area contributed by atoms with Crippen LogP contribution < -0.4 is 20.7 Å². The van der Waals surface area contributed by atoms with Crippen molar-refractivity contribution in [3.05, 3.63) is 35.0 Å². The van der Waals surface area contributed by atoms with Gasteiger partial charge >= 0.3 is 6.09 Å². The number of nitrogens with one attached hydrogen (secondary N) is 3. The summed E-state index contributed by atoms with van der Waals surface area (Å²) in [7, 11) is 0. The Morgan fingerprint density at radius 3 is 2.16 bits per heavy atom. The van der Waals surface area contributed by atoms with Gasteiger partial charge in [0.1, 0.15) is 24.4 Å². The number of benzene rings is 1. The number of aromatic nitrogens is 1. The Morgan fingerprint density at radius 2 is 1.60 bits per heavy atom. The van der Waals surface area contributed by atoms with Gasteiger partial charge in [-0.3, -0.25) is 14.4 Å². The highest BCUT2D eigenvalue weighted by atomic mass is 32.1. The number of halogens is 1. The first-order valence-electron chi connectivity index (χ1n) is 18.4. The molecule has 0 spiro atoms. The Morgan fingerprint density at radius 1 is 0.982 bits per heavy atom. The third kappa shape index (κ3) is 13.6. The number of ether oxygens (including phenoxy) is 5. The summed E-state index contributed by atoms with van der Waals surface area (Å²) in [6, 6.07) is 3.56. The van der Waals surface area contributed by atoms with Crippen LogP contribution in [0.15, 0.2) is 23.7 Å². The zero-order valence-electron chi connectivity index (χ0n) is 31.9. The number of aliphatic hydroxyl groups is 1. The molecule has 5 N–H and O–H groups in total. The van der Waals surface area contributed by atoms with Crippen molar-refractivity contribution in [3.8, 4) is 16.2 Å². The fourth-order valence-corrected chi connectivity index (χ4v) is 6.58. The van der Waals surface area contributed by atoms with Crippen molar-refractivity contribution in [3.63, 3.8) is 0 Å². The van der Waals surface area contributed by atoms with Crippen LogP contribution in [-0.4, -0.2) is 140 Å². The van der Waals surface area contributed by atoms with Crippen molar-refractivity contribution in [1.82, 2.24) is 25.8 Å². The van der Waals surface area contributed by atoms with Gasteiger partial charge in [0.15, 0.2) is 5.67 Å². The highest BCUT2D eigenvalue weighted by Crippen LogP contribution is 2.40. The van der Waals surface area contributed by atoms with E-state index in [4.69, 9.17) is 28.8 Å². The van der Waals surface area contributed by atoms with E-state index in [1.807, 2.05) is 25.1 Å². The molecule has 1 unspecified atom stereocenters. The third-order valence-corrected chi connectivity index (χ3v) is 9.98.